The number of halogens is 2. The van der Waals surface area contributed by atoms with Gasteiger partial charge in [-0.3, -0.25) is 4.79 Å². The monoisotopic (exact) mass is 418 g/mol. The van der Waals surface area contributed by atoms with Crippen molar-refractivity contribution in [3.63, 3.8) is 0 Å². The van der Waals surface area contributed by atoms with Crippen molar-refractivity contribution in [2.75, 3.05) is 13.2 Å². The van der Waals surface area contributed by atoms with Crippen molar-refractivity contribution in [3.05, 3.63) is 75.5 Å². The first-order valence-corrected chi connectivity index (χ1v) is 9.08. The molecule has 1 aliphatic rings. The fourth-order valence-electron chi connectivity index (χ4n) is 2.61. The number of Topliss-reactive ketones (excluding diaryl/α,β-unsaturated/α-hetero) is 1. The Morgan fingerprint density at radius 1 is 1.21 bits per heavy atom. The van der Waals surface area contributed by atoms with E-state index in [1.165, 1.54) is 6.08 Å². The van der Waals surface area contributed by atoms with Crippen LogP contribution >= 0.6 is 23.2 Å². The second-order valence-electron chi connectivity index (χ2n) is 5.94. The number of fused-ring (bicyclic) bond motifs is 1. The number of carbonyl (C=O) groups excluding carboxylic acids is 2. The molecule has 0 saturated carbocycles. The first kappa shape index (κ1) is 20.0. The van der Waals surface area contributed by atoms with Gasteiger partial charge in [0.1, 0.15) is 18.1 Å². The van der Waals surface area contributed by atoms with Crippen molar-refractivity contribution in [1.29, 1.82) is 0 Å². The summed E-state index contributed by atoms with van der Waals surface area (Å²) in [6.07, 6.45) is 3.07. The first-order valence-electron chi connectivity index (χ1n) is 8.33. The molecule has 1 aliphatic heterocycles. The fourth-order valence-corrected chi connectivity index (χ4v) is 2.91. The van der Waals surface area contributed by atoms with Crippen LogP contribution in [0.5, 0.6) is 11.5 Å². The van der Waals surface area contributed by atoms with Gasteiger partial charge in [-0.2, -0.15) is 0 Å². The minimum atomic E-state index is -0.517. The van der Waals surface area contributed by atoms with E-state index in [0.717, 1.165) is 0 Å². The van der Waals surface area contributed by atoms with Crippen LogP contribution in [0.2, 0.25) is 10.0 Å². The largest absolute Gasteiger partial charge is 0.481 e. The molecule has 0 unspecified atom stereocenters. The van der Waals surface area contributed by atoms with Gasteiger partial charge in [0.15, 0.2) is 12.4 Å². The maximum Gasteiger partial charge on any atom is 0.344 e. The average Bonchev–Trinajstić information content (AvgIpc) is 2.99. The van der Waals surface area contributed by atoms with Gasteiger partial charge >= 0.3 is 5.97 Å². The van der Waals surface area contributed by atoms with Crippen LogP contribution in [0.4, 0.5) is 0 Å². The van der Waals surface area contributed by atoms with Crippen molar-refractivity contribution >= 4 is 41.0 Å². The van der Waals surface area contributed by atoms with Gasteiger partial charge in [-0.25, -0.2) is 4.79 Å². The number of ketones is 1. The van der Waals surface area contributed by atoms with Crippen LogP contribution in [-0.4, -0.2) is 25.0 Å². The van der Waals surface area contributed by atoms with E-state index in [0.29, 0.717) is 38.2 Å². The third-order valence-electron chi connectivity index (χ3n) is 3.99. The number of hydrogen-bond acceptors (Lipinski definition) is 5. The maximum absolute atomic E-state index is 12.6. The molecule has 0 aliphatic carbocycles. The molecule has 28 heavy (non-hydrogen) atoms. The highest BCUT2D eigenvalue weighted by molar-refractivity contribution is 6.42. The molecule has 0 amide bonds. The van der Waals surface area contributed by atoms with E-state index in [9.17, 15) is 9.59 Å². The number of allylic oxidation sites excluding steroid dienone is 1. The highest BCUT2D eigenvalue weighted by atomic mass is 35.5. The quantitative estimate of drug-likeness (QED) is 0.374. The Morgan fingerprint density at radius 2 is 2.00 bits per heavy atom. The van der Waals surface area contributed by atoms with E-state index in [-0.39, 0.29) is 24.8 Å². The summed E-state index contributed by atoms with van der Waals surface area (Å²) in [6.45, 7) is 5.08. The van der Waals surface area contributed by atoms with E-state index in [1.54, 1.807) is 43.3 Å². The highest BCUT2D eigenvalue weighted by Gasteiger charge is 2.30. The molecule has 1 heterocycles. The first-order chi connectivity index (χ1) is 13.4. The van der Waals surface area contributed by atoms with Gasteiger partial charge in [-0.15, -0.1) is 0 Å². The number of hydrogen-bond donors (Lipinski definition) is 0. The standard InChI is InChI=1S/C21H16Cl2O5/c1-3-8-26-19(24)11-27-17-7-5-14-20(25)18(28-21(14)12(17)2)10-13-4-6-15(22)16(23)9-13/h3-7,9-10H,1,8,11H2,2H3/b18-10-. The molecule has 0 spiro atoms. The molecule has 7 heteroatoms. The number of ether oxygens (including phenoxy) is 3. The minimum absolute atomic E-state index is 0.117. The maximum atomic E-state index is 12.6. The molecule has 0 radical (unpaired) electrons. The van der Waals surface area contributed by atoms with E-state index in [1.807, 2.05) is 0 Å². The lowest BCUT2D eigenvalue weighted by Gasteiger charge is -2.10. The zero-order valence-electron chi connectivity index (χ0n) is 15.0. The highest BCUT2D eigenvalue weighted by Crippen LogP contribution is 2.39. The van der Waals surface area contributed by atoms with Gasteiger partial charge in [0.25, 0.3) is 0 Å². The van der Waals surface area contributed by atoms with Crippen LogP contribution in [0.1, 0.15) is 21.5 Å². The van der Waals surface area contributed by atoms with Crippen molar-refractivity contribution in [1.82, 2.24) is 0 Å². The summed E-state index contributed by atoms with van der Waals surface area (Å²) < 4.78 is 16.1. The van der Waals surface area contributed by atoms with Gasteiger partial charge in [0.2, 0.25) is 5.78 Å². The molecule has 0 saturated heterocycles. The van der Waals surface area contributed by atoms with Crippen molar-refractivity contribution < 1.29 is 23.8 Å². The number of carbonyl (C=O) groups is 2. The smallest absolute Gasteiger partial charge is 0.344 e. The molecular formula is C21H16Cl2O5. The Hall–Kier alpha value is -2.76. The predicted octanol–water partition coefficient (Wildman–Crippen LogP) is 5.03. The molecule has 0 atom stereocenters. The third kappa shape index (κ3) is 4.21. The lowest BCUT2D eigenvalue weighted by Crippen LogP contribution is -2.15. The van der Waals surface area contributed by atoms with E-state index in [4.69, 9.17) is 37.4 Å². The van der Waals surface area contributed by atoms with Gasteiger partial charge in [0, 0.05) is 5.56 Å². The number of esters is 1. The van der Waals surface area contributed by atoms with Crippen LogP contribution < -0.4 is 9.47 Å². The number of benzene rings is 2. The summed E-state index contributed by atoms with van der Waals surface area (Å²) >= 11 is 11.9. The van der Waals surface area contributed by atoms with Gasteiger partial charge < -0.3 is 14.2 Å². The van der Waals surface area contributed by atoms with Crippen LogP contribution in [0.3, 0.4) is 0 Å². The van der Waals surface area contributed by atoms with Crippen molar-refractivity contribution in [3.8, 4) is 11.5 Å². The van der Waals surface area contributed by atoms with Crippen LogP contribution in [0, 0.1) is 6.92 Å². The molecule has 3 rings (SSSR count). The zero-order valence-corrected chi connectivity index (χ0v) is 16.5. The molecule has 0 aromatic heterocycles. The zero-order chi connectivity index (χ0) is 20.3. The van der Waals surface area contributed by atoms with E-state index in [2.05, 4.69) is 6.58 Å². The SMILES string of the molecule is C=CCOC(=O)COc1ccc2c(c1C)O/C(=C\c1ccc(Cl)c(Cl)c1)C2=O. The van der Waals surface area contributed by atoms with E-state index >= 15 is 0 Å². The molecule has 5 nitrogen and oxygen atoms in total. The lowest BCUT2D eigenvalue weighted by molar-refractivity contribution is -0.144. The Balaban J connectivity index is 1.80. The lowest BCUT2D eigenvalue weighted by atomic mass is 10.1. The molecular weight excluding hydrogens is 403 g/mol. The van der Waals surface area contributed by atoms with Crippen molar-refractivity contribution in [2.45, 2.75) is 6.92 Å². The van der Waals surface area contributed by atoms with Crippen LogP contribution in [-0.2, 0) is 9.53 Å². The molecule has 144 valence electrons. The minimum Gasteiger partial charge on any atom is -0.481 e. The molecule has 2 aromatic carbocycles. The third-order valence-corrected chi connectivity index (χ3v) is 4.72. The number of rotatable bonds is 6. The normalized spacial score (nSPS) is 13.8. The Labute approximate surface area is 172 Å². The average molecular weight is 419 g/mol. The summed E-state index contributed by atoms with van der Waals surface area (Å²) in [4.78, 5) is 24.2. The summed E-state index contributed by atoms with van der Waals surface area (Å²) in [6, 6.07) is 8.25. The molecule has 2 aromatic rings. The van der Waals surface area contributed by atoms with Gasteiger partial charge in [0.05, 0.1) is 15.6 Å². The van der Waals surface area contributed by atoms with Crippen LogP contribution in [0.15, 0.2) is 48.7 Å². The Kier molecular flexibility index (Phi) is 6.07. The molecule has 0 N–H and O–H groups in total. The molecule has 0 bridgehead atoms. The summed E-state index contributed by atoms with van der Waals surface area (Å²) in [5.74, 6) is 0.225. The topological polar surface area (TPSA) is 61.8 Å². The Bertz CT molecular complexity index is 995. The second-order valence-corrected chi connectivity index (χ2v) is 6.75. The molecule has 0 fully saturated rings. The van der Waals surface area contributed by atoms with Crippen LogP contribution in [0.25, 0.3) is 6.08 Å². The van der Waals surface area contributed by atoms with Gasteiger partial charge in [-0.05, 0) is 42.8 Å². The fraction of sp³-hybridized carbons (Fsp3) is 0.143. The summed E-state index contributed by atoms with van der Waals surface area (Å²) in [5.41, 5.74) is 1.72. The van der Waals surface area contributed by atoms with Gasteiger partial charge in [-0.1, -0.05) is 41.9 Å². The second kappa shape index (κ2) is 8.50. The summed E-state index contributed by atoms with van der Waals surface area (Å²) in [5, 5.41) is 0.809. The predicted molar refractivity (Wildman–Crippen MR) is 107 cm³/mol. The van der Waals surface area contributed by atoms with Crippen molar-refractivity contribution in [2.24, 2.45) is 0 Å². The summed E-state index contributed by atoms with van der Waals surface area (Å²) in [7, 11) is 0. The van der Waals surface area contributed by atoms with E-state index < -0.39 is 5.97 Å². The Morgan fingerprint density at radius 3 is 2.71 bits per heavy atom.